The van der Waals surface area contributed by atoms with Crippen LogP contribution in [0.15, 0.2) is 50.8 Å². The van der Waals surface area contributed by atoms with Crippen LogP contribution < -0.4 is 10.3 Å². The number of rotatable bonds is 4. The number of hydrogen-bond acceptors (Lipinski definition) is 5. The zero-order chi connectivity index (χ0) is 18.0. The van der Waals surface area contributed by atoms with E-state index in [0.29, 0.717) is 34.6 Å². The van der Waals surface area contributed by atoms with Crippen molar-refractivity contribution in [1.29, 1.82) is 0 Å². The van der Waals surface area contributed by atoms with Crippen LogP contribution in [0.5, 0.6) is 11.5 Å². The Morgan fingerprint density at radius 1 is 1.32 bits per heavy atom. The Labute approximate surface area is 152 Å². The van der Waals surface area contributed by atoms with Crippen LogP contribution in [0, 0.1) is 6.92 Å². The fourth-order valence-corrected chi connectivity index (χ4v) is 2.76. The molecule has 6 nitrogen and oxygen atoms in total. The predicted molar refractivity (Wildman–Crippen MR) is 101 cm³/mol. The highest BCUT2D eigenvalue weighted by molar-refractivity contribution is 9.10. The van der Waals surface area contributed by atoms with Crippen LogP contribution in [0.4, 0.5) is 0 Å². The SMILES string of the molecule is CCOc1cc(C=Nn2c(C)nc3ccc(Br)cc3c2=O)ccc1O. The number of halogens is 1. The van der Waals surface area contributed by atoms with Crippen LogP contribution in [0.25, 0.3) is 10.9 Å². The Hall–Kier alpha value is -2.67. The second-order valence-corrected chi connectivity index (χ2v) is 6.26. The standard InChI is InChI=1S/C18H16BrN3O3/c1-3-25-17-8-12(4-7-16(17)23)10-20-22-11(2)21-15-6-5-13(19)9-14(15)18(22)24/h4-10,23H,3H2,1-2H3. The van der Waals surface area contributed by atoms with Gasteiger partial charge in [0.15, 0.2) is 11.5 Å². The zero-order valence-electron chi connectivity index (χ0n) is 13.7. The van der Waals surface area contributed by atoms with E-state index in [0.717, 1.165) is 4.47 Å². The van der Waals surface area contributed by atoms with E-state index in [1.54, 1.807) is 31.2 Å². The third kappa shape index (κ3) is 3.56. The van der Waals surface area contributed by atoms with E-state index < -0.39 is 0 Å². The lowest BCUT2D eigenvalue weighted by molar-refractivity contribution is 0.318. The number of nitrogens with zero attached hydrogens (tertiary/aromatic N) is 3. The average molecular weight is 402 g/mol. The summed E-state index contributed by atoms with van der Waals surface area (Å²) < 4.78 is 7.41. The molecular weight excluding hydrogens is 386 g/mol. The smallest absolute Gasteiger partial charge is 0.282 e. The van der Waals surface area contributed by atoms with E-state index in [1.807, 2.05) is 13.0 Å². The van der Waals surface area contributed by atoms with Gasteiger partial charge in [-0.3, -0.25) is 4.79 Å². The molecule has 0 aliphatic rings. The zero-order valence-corrected chi connectivity index (χ0v) is 15.3. The number of aromatic nitrogens is 2. The molecule has 7 heteroatoms. The number of aromatic hydroxyl groups is 1. The van der Waals surface area contributed by atoms with Crippen molar-refractivity contribution in [2.45, 2.75) is 13.8 Å². The summed E-state index contributed by atoms with van der Waals surface area (Å²) in [6.45, 7) is 4.00. The average Bonchev–Trinajstić information content (AvgIpc) is 2.58. The molecule has 3 aromatic rings. The number of benzene rings is 2. The minimum Gasteiger partial charge on any atom is -0.504 e. The molecule has 3 rings (SSSR count). The highest BCUT2D eigenvalue weighted by atomic mass is 79.9. The molecule has 0 unspecified atom stereocenters. The molecule has 0 aliphatic heterocycles. The largest absolute Gasteiger partial charge is 0.504 e. The van der Waals surface area contributed by atoms with Gasteiger partial charge in [0.2, 0.25) is 0 Å². The summed E-state index contributed by atoms with van der Waals surface area (Å²) in [5.74, 6) is 0.917. The Morgan fingerprint density at radius 2 is 2.12 bits per heavy atom. The molecule has 0 saturated carbocycles. The number of phenols is 1. The monoisotopic (exact) mass is 401 g/mol. The Morgan fingerprint density at radius 3 is 2.88 bits per heavy atom. The van der Waals surface area contributed by atoms with Gasteiger partial charge in [0.25, 0.3) is 5.56 Å². The van der Waals surface area contributed by atoms with Crippen molar-refractivity contribution in [1.82, 2.24) is 9.66 Å². The van der Waals surface area contributed by atoms with Gasteiger partial charge in [0.1, 0.15) is 5.82 Å². The van der Waals surface area contributed by atoms with Gasteiger partial charge in [-0.2, -0.15) is 9.78 Å². The van der Waals surface area contributed by atoms with Crippen LogP contribution in [0.2, 0.25) is 0 Å². The molecule has 0 radical (unpaired) electrons. The van der Waals surface area contributed by atoms with Crippen molar-refractivity contribution < 1.29 is 9.84 Å². The molecule has 25 heavy (non-hydrogen) atoms. The fraction of sp³-hybridized carbons (Fsp3) is 0.167. The van der Waals surface area contributed by atoms with Crippen LogP contribution in [0.3, 0.4) is 0 Å². The first-order valence-electron chi connectivity index (χ1n) is 7.68. The van der Waals surface area contributed by atoms with Crippen LogP contribution in [0.1, 0.15) is 18.3 Å². The van der Waals surface area contributed by atoms with Gasteiger partial charge in [0, 0.05) is 4.47 Å². The minimum atomic E-state index is -0.246. The minimum absolute atomic E-state index is 0.0598. The van der Waals surface area contributed by atoms with Gasteiger partial charge >= 0.3 is 0 Å². The molecule has 0 aliphatic carbocycles. The molecule has 1 N–H and O–H groups in total. The third-order valence-corrected chi connectivity index (χ3v) is 4.07. The summed E-state index contributed by atoms with van der Waals surface area (Å²) in [6, 6.07) is 10.2. The van der Waals surface area contributed by atoms with Crippen molar-refractivity contribution in [3.63, 3.8) is 0 Å². The molecule has 0 amide bonds. The molecule has 0 saturated heterocycles. The van der Waals surface area contributed by atoms with E-state index in [2.05, 4.69) is 26.0 Å². The molecule has 0 bridgehead atoms. The Kier molecular flexibility index (Phi) is 4.85. The molecule has 1 heterocycles. The highest BCUT2D eigenvalue weighted by Crippen LogP contribution is 2.26. The van der Waals surface area contributed by atoms with Crippen molar-refractivity contribution in [2.75, 3.05) is 6.61 Å². The van der Waals surface area contributed by atoms with Gasteiger partial charge in [-0.25, -0.2) is 4.98 Å². The van der Waals surface area contributed by atoms with E-state index in [-0.39, 0.29) is 11.3 Å². The van der Waals surface area contributed by atoms with E-state index >= 15 is 0 Å². The molecule has 0 fully saturated rings. The Balaban J connectivity index is 2.04. The maximum atomic E-state index is 12.7. The summed E-state index contributed by atoms with van der Waals surface area (Å²) in [5, 5.41) is 14.5. The van der Waals surface area contributed by atoms with Gasteiger partial charge < -0.3 is 9.84 Å². The number of aryl methyl sites for hydroxylation is 1. The number of fused-ring (bicyclic) bond motifs is 1. The lowest BCUT2D eigenvalue weighted by Gasteiger charge is -2.07. The van der Waals surface area contributed by atoms with E-state index in [9.17, 15) is 9.90 Å². The maximum Gasteiger partial charge on any atom is 0.282 e. The summed E-state index contributed by atoms with van der Waals surface area (Å²) in [5.41, 5.74) is 1.08. The van der Waals surface area contributed by atoms with Crippen LogP contribution in [-0.2, 0) is 0 Å². The first kappa shape index (κ1) is 17.2. The van der Waals surface area contributed by atoms with Gasteiger partial charge in [-0.15, -0.1) is 0 Å². The topological polar surface area (TPSA) is 76.7 Å². The van der Waals surface area contributed by atoms with Gasteiger partial charge in [-0.1, -0.05) is 15.9 Å². The molecule has 0 spiro atoms. The lowest BCUT2D eigenvalue weighted by atomic mass is 10.2. The number of phenolic OH excluding ortho intramolecular Hbond substituents is 1. The van der Waals surface area contributed by atoms with Crippen molar-refractivity contribution in [3.05, 3.63) is 62.6 Å². The summed E-state index contributed by atoms with van der Waals surface area (Å²) in [6.07, 6.45) is 1.53. The van der Waals surface area contributed by atoms with E-state index in [4.69, 9.17) is 4.74 Å². The third-order valence-electron chi connectivity index (χ3n) is 3.58. The second-order valence-electron chi connectivity index (χ2n) is 5.34. The lowest BCUT2D eigenvalue weighted by Crippen LogP contribution is -2.20. The molecule has 0 atom stereocenters. The first-order chi connectivity index (χ1) is 12.0. The Bertz CT molecular complexity index is 1030. The molecule has 128 valence electrons. The van der Waals surface area contributed by atoms with E-state index in [1.165, 1.54) is 17.0 Å². The highest BCUT2D eigenvalue weighted by Gasteiger charge is 2.08. The molecule has 2 aromatic carbocycles. The quantitative estimate of drug-likeness (QED) is 0.679. The van der Waals surface area contributed by atoms with Crippen molar-refractivity contribution in [3.8, 4) is 11.5 Å². The summed E-state index contributed by atoms with van der Waals surface area (Å²) >= 11 is 3.36. The van der Waals surface area contributed by atoms with Gasteiger partial charge in [-0.05, 0) is 55.8 Å². The predicted octanol–water partition coefficient (Wildman–Crippen LogP) is 3.45. The summed E-state index contributed by atoms with van der Waals surface area (Å²) in [7, 11) is 0. The van der Waals surface area contributed by atoms with Crippen molar-refractivity contribution >= 4 is 33.0 Å². The van der Waals surface area contributed by atoms with Gasteiger partial charge in [0.05, 0.1) is 23.7 Å². The fourth-order valence-electron chi connectivity index (χ4n) is 2.40. The summed E-state index contributed by atoms with van der Waals surface area (Å²) in [4.78, 5) is 17.1. The number of ether oxygens (including phenoxy) is 1. The first-order valence-corrected chi connectivity index (χ1v) is 8.48. The van der Waals surface area contributed by atoms with Crippen LogP contribution in [-0.4, -0.2) is 27.6 Å². The molecular formula is C18H16BrN3O3. The van der Waals surface area contributed by atoms with Crippen molar-refractivity contribution in [2.24, 2.45) is 5.10 Å². The normalized spacial score (nSPS) is 11.3. The second kappa shape index (κ2) is 7.06. The molecule has 1 aromatic heterocycles. The van der Waals surface area contributed by atoms with Crippen LogP contribution >= 0.6 is 15.9 Å². The maximum absolute atomic E-state index is 12.7. The number of hydrogen-bond donors (Lipinski definition) is 1.